The van der Waals surface area contributed by atoms with Gasteiger partial charge in [0.25, 0.3) is 0 Å². The third-order valence-corrected chi connectivity index (χ3v) is 10.3. The summed E-state index contributed by atoms with van der Waals surface area (Å²) < 4.78 is 12.1. The van der Waals surface area contributed by atoms with E-state index in [4.69, 9.17) is 21.1 Å². The van der Waals surface area contributed by atoms with Gasteiger partial charge in [-0.05, 0) is 48.9 Å². The molecule has 0 aromatic heterocycles. The predicted molar refractivity (Wildman–Crippen MR) is 160 cm³/mol. The van der Waals surface area contributed by atoms with E-state index in [1.54, 1.807) is 24.1 Å². The Balaban J connectivity index is 1.34. The normalized spacial score (nSPS) is 33.0. The summed E-state index contributed by atoms with van der Waals surface area (Å²) in [5.41, 5.74) is 0.969. The second-order valence-electron chi connectivity index (χ2n) is 12.3. The number of fused-ring (bicyclic) bond motifs is 1. The zero-order chi connectivity index (χ0) is 29.8. The Hall–Kier alpha value is -3.36. The highest BCUT2D eigenvalue weighted by Gasteiger charge is 2.72. The molecule has 3 amide bonds. The molecule has 0 radical (unpaired) electrons. The number of carbonyl (C=O) groups excluding carboxylic acids is 3. The number of nitrogens with one attached hydrogen (secondary N) is 2. The number of nitrogens with zero attached hydrogens (tertiary/aromatic N) is 1. The Labute approximate surface area is 251 Å². The molecule has 2 saturated heterocycles. The van der Waals surface area contributed by atoms with Gasteiger partial charge in [-0.15, -0.1) is 0 Å². The van der Waals surface area contributed by atoms with Crippen molar-refractivity contribution < 1.29 is 23.9 Å². The van der Waals surface area contributed by atoms with E-state index in [2.05, 4.69) is 24.5 Å². The van der Waals surface area contributed by atoms with Crippen LogP contribution < -0.4 is 15.4 Å². The van der Waals surface area contributed by atoms with Crippen molar-refractivity contribution >= 4 is 35.0 Å². The minimum Gasteiger partial charge on any atom is -0.496 e. The number of aryl methyl sites for hydroxylation is 1. The first-order valence-corrected chi connectivity index (χ1v) is 15.2. The van der Waals surface area contributed by atoms with Crippen molar-refractivity contribution in [2.24, 2.45) is 23.7 Å². The topological polar surface area (TPSA) is 97.0 Å². The van der Waals surface area contributed by atoms with Crippen molar-refractivity contribution in [3.63, 3.8) is 0 Å². The molecule has 6 rings (SSSR count). The van der Waals surface area contributed by atoms with E-state index >= 15 is 0 Å². The number of hydrogen-bond donors (Lipinski definition) is 2. The highest BCUT2D eigenvalue weighted by molar-refractivity contribution is 6.31. The summed E-state index contributed by atoms with van der Waals surface area (Å²) in [5, 5.41) is 6.78. The summed E-state index contributed by atoms with van der Waals surface area (Å²) in [6, 6.07) is 11.8. The molecule has 3 heterocycles. The minimum atomic E-state index is -1.25. The van der Waals surface area contributed by atoms with E-state index in [-0.39, 0.29) is 30.3 Å². The maximum Gasteiger partial charge on any atom is 0.246 e. The van der Waals surface area contributed by atoms with Gasteiger partial charge in [-0.1, -0.05) is 74.7 Å². The molecule has 2 aromatic rings. The summed E-state index contributed by atoms with van der Waals surface area (Å²) in [4.78, 5) is 44.0. The lowest BCUT2D eigenvalue weighted by molar-refractivity contribution is -0.142. The lowest BCUT2D eigenvalue weighted by Gasteiger charge is -2.38. The minimum absolute atomic E-state index is 0.00729. The quantitative estimate of drug-likeness (QED) is 0.447. The fourth-order valence-corrected chi connectivity index (χ4v) is 7.58. The summed E-state index contributed by atoms with van der Waals surface area (Å²) in [6.07, 6.45) is 6.13. The second-order valence-corrected chi connectivity index (χ2v) is 12.7. The summed E-state index contributed by atoms with van der Waals surface area (Å²) in [6.45, 7) is 6.44. The number of anilines is 1. The Bertz CT molecular complexity index is 1440. The van der Waals surface area contributed by atoms with Crippen LogP contribution in [-0.4, -0.2) is 53.5 Å². The van der Waals surface area contributed by atoms with Gasteiger partial charge in [0.05, 0.1) is 31.6 Å². The van der Waals surface area contributed by atoms with Crippen molar-refractivity contribution in [3.05, 3.63) is 70.8 Å². The van der Waals surface area contributed by atoms with Crippen LogP contribution in [0.25, 0.3) is 0 Å². The Morgan fingerprint density at radius 3 is 2.69 bits per heavy atom. The molecular formula is C33H38ClN3O5. The summed E-state index contributed by atoms with van der Waals surface area (Å²) >= 11 is 6.30. The highest BCUT2D eigenvalue weighted by atomic mass is 35.5. The number of ether oxygens (including phenoxy) is 2. The first-order valence-electron chi connectivity index (χ1n) is 14.8. The lowest BCUT2D eigenvalue weighted by atomic mass is 9.73. The van der Waals surface area contributed by atoms with Gasteiger partial charge in [-0.2, -0.15) is 0 Å². The van der Waals surface area contributed by atoms with Crippen molar-refractivity contribution in [2.75, 3.05) is 12.4 Å². The van der Waals surface area contributed by atoms with Crippen LogP contribution in [0.2, 0.25) is 5.02 Å². The molecule has 4 aliphatic rings. The predicted octanol–water partition coefficient (Wildman–Crippen LogP) is 4.89. The van der Waals surface area contributed by atoms with Crippen LogP contribution in [0.15, 0.2) is 54.6 Å². The molecule has 1 spiro atoms. The summed E-state index contributed by atoms with van der Waals surface area (Å²) in [7, 11) is 1.58. The maximum atomic E-state index is 14.4. The molecule has 3 aliphatic heterocycles. The van der Waals surface area contributed by atoms with Gasteiger partial charge < -0.3 is 25.0 Å². The van der Waals surface area contributed by atoms with E-state index < -0.39 is 29.6 Å². The molecule has 1 saturated carbocycles. The fraction of sp³-hybridized carbons (Fsp3) is 0.485. The Morgan fingerprint density at radius 2 is 1.93 bits per heavy atom. The lowest BCUT2D eigenvalue weighted by Crippen LogP contribution is -2.57. The van der Waals surface area contributed by atoms with Gasteiger partial charge in [0, 0.05) is 22.3 Å². The van der Waals surface area contributed by atoms with Crippen molar-refractivity contribution in [3.8, 4) is 5.75 Å². The van der Waals surface area contributed by atoms with Gasteiger partial charge in [0.1, 0.15) is 17.4 Å². The number of rotatable bonds is 7. The van der Waals surface area contributed by atoms with Crippen LogP contribution in [0.4, 0.5) is 5.69 Å². The van der Waals surface area contributed by atoms with Crippen molar-refractivity contribution in [1.29, 1.82) is 0 Å². The van der Waals surface area contributed by atoms with E-state index in [1.807, 2.05) is 49.4 Å². The molecule has 2 aromatic carbocycles. The summed E-state index contributed by atoms with van der Waals surface area (Å²) in [5.74, 6) is -1.07. The van der Waals surface area contributed by atoms with Gasteiger partial charge in [-0.3, -0.25) is 14.4 Å². The largest absolute Gasteiger partial charge is 0.496 e. The zero-order valence-corrected chi connectivity index (χ0v) is 25.2. The SMILES string of the molecule is COc1ccccc1CN1C(=O)[C@@H]2[C@H](C(=O)Nc3ccc(C)c(Cl)c3)[C@@H]3C=C[C@@]2(O3)[C@@H]1C(=O)N[C@@H]1CCC[C@@H](C)[C@H]1C. The number of methoxy groups -OCH3 is 1. The monoisotopic (exact) mass is 591 g/mol. The van der Waals surface area contributed by atoms with Crippen LogP contribution in [0.3, 0.4) is 0 Å². The van der Waals surface area contributed by atoms with Gasteiger partial charge in [0.15, 0.2) is 0 Å². The van der Waals surface area contributed by atoms with Crippen molar-refractivity contribution in [1.82, 2.24) is 10.2 Å². The van der Waals surface area contributed by atoms with Gasteiger partial charge in [0.2, 0.25) is 17.7 Å². The first-order chi connectivity index (χ1) is 20.1. The number of likely N-dealkylation sites (tertiary alicyclic amines) is 1. The standard InChI is InChI=1S/C33H38ClN3O5/c1-18-8-7-10-24(20(18)3)36-31(39)29-33-15-14-26(42-33)27(30(38)35-22-13-12-19(2)23(34)16-22)28(33)32(40)37(29)17-21-9-5-6-11-25(21)41-4/h5-6,9,11-16,18,20,24,26-29H,7-8,10,17H2,1-4H3,(H,35,38)(H,36,39)/t18-,20-,24-,26+,27-,28+,29+,33+/m1/s1. The third-order valence-electron chi connectivity index (χ3n) is 9.93. The molecule has 2 bridgehead atoms. The Morgan fingerprint density at radius 1 is 1.14 bits per heavy atom. The number of para-hydroxylation sites is 1. The van der Waals surface area contributed by atoms with Crippen LogP contribution in [-0.2, 0) is 25.7 Å². The van der Waals surface area contributed by atoms with Gasteiger partial charge >= 0.3 is 0 Å². The molecule has 8 atom stereocenters. The van der Waals surface area contributed by atoms with Crippen LogP contribution in [0, 0.1) is 30.6 Å². The molecular weight excluding hydrogens is 554 g/mol. The van der Waals surface area contributed by atoms with Gasteiger partial charge in [-0.25, -0.2) is 0 Å². The van der Waals surface area contributed by atoms with Crippen LogP contribution >= 0.6 is 11.6 Å². The van der Waals surface area contributed by atoms with Crippen molar-refractivity contribution in [2.45, 2.75) is 70.4 Å². The average molecular weight is 592 g/mol. The number of amides is 3. The number of carbonyl (C=O) groups is 3. The third kappa shape index (κ3) is 4.69. The molecule has 9 heteroatoms. The van der Waals surface area contributed by atoms with E-state index in [9.17, 15) is 14.4 Å². The molecule has 3 fully saturated rings. The van der Waals surface area contributed by atoms with E-state index in [0.29, 0.717) is 28.3 Å². The molecule has 2 N–H and O–H groups in total. The zero-order valence-electron chi connectivity index (χ0n) is 24.4. The molecule has 222 valence electrons. The average Bonchev–Trinajstić information content (AvgIpc) is 3.61. The maximum absolute atomic E-state index is 14.4. The second kappa shape index (κ2) is 11.0. The van der Waals surface area contributed by atoms with Crippen LogP contribution in [0.1, 0.15) is 44.2 Å². The van der Waals surface area contributed by atoms with E-state index in [0.717, 1.165) is 30.4 Å². The fourth-order valence-electron chi connectivity index (χ4n) is 7.40. The Kier molecular flexibility index (Phi) is 7.56. The smallest absolute Gasteiger partial charge is 0.246 e. The molecule has 42 heavy (non-hydrogen) atoms. The molecule has 0 unspecified atom stereocenters. The van der Waals surface area contributed by atoms with Crippen LogP contribution in [0.5, 0.6) is 5.75 Å². The first kappa shape index (κ1) is 28.7. The molecule has 8 nitrogen and oxygen atoms in total. The van der Waals surface area contributed by atoms with E-state index in [1.165, 1.54) is 0 Å². The number of hydrogen-bond acceptors (Lipinski definition) is 5. The number of benzene rings is 2. The number of halogens is 1. The highest BCUT2D eigenvalue weighted by Crippen LogP contribution is 2.55. The molecule has 1 aliphatic carbocycles.